The molecule has 1 aliphatic heterocycles. The second-order valence-corrected chi connectivity index (χ2v) is 7.96. The maximum atomic E-state index is 12.7. The van der Waals surface area contributed by atoms with Gasteiger partial charge in [-0.25, -0.2) is 19.8 Å². The number of imide groups is 1. The first-order chi connectivity index (χ1) is 15.0. The Morgan fingerprint density at radius 1 is 1.16 bits per heavy atom. The number of aryl methyl sites for hydroxylation is 1. The number of nitrogens with two attached hydrogens (primary N) is 2. The van der Waals surface area contributed by atoms with Gasteiger partial charge >= 0.3 is 18.1 Å². The van der Waals surface area contributed by atoms with Crippen molar-refractivity contribution in [3.05, 3.63) is 58.6 Å². The molecule has 0 saturated carbocycles. The summed E-state index contributed by atoms with van der Waals surface area (Å²) < 4.78 is 0.857. The molecule has 0 radical (unpaired) electrons. The Bertz CT molecular complexity index is 1010. The van der Waals surface area contributed by atoms with E-state index < -0.39 is 29.5 Å². The minimum absolute atomic E-state index is 0.136. The number of urea groups is 3. The number of carbonyl (C=O) groups excluding carboxylic acids is 4. The first-order valence-electron chi connectivity index (χ1n) is 9.33. The number of carbonyl (C=O) groups is 4. The normalized spacial score (nSPS) is 17.1. The van der Waals surface area contributed by atoms with Crippen molar-refractivity contribution >= 4 is 45.6 Å². The molecule has 8 N–H and O–H groups in total. The molecule has 0 bridgehead atoms. The molecule has 11 nitrogen and oxygen atoms in total. The predicted molar refractivity (Wildman–Crippen MR) is 120 cm³/mol. The molecule has 7 amide bonds. The van der Waals surface area contributed by atoms with Crippen molar-refractivity contribution in [1.29, 1.82) is 0 Å². The van der Waals surface area contributed by atoms with Crippen LogP contribution < -0.4 is 27.5 Å². The van der Waals surface area contributed by atoms with Gasteiger partial charge in [0.25, 0.3) is 5.91 Å². The number of benzene rings is 2. The lowest BCUT2D eigenvalue weighted by Gasteiger charge is -2.21. The summed E-state index contributed by atoms with van der Waals surface area (Å²) in [7, 11) is 0. The molecule has 0 aliphatic carbocycles. The number of anilines is 1. The molecule has 12 heteroatoms. The van der Waals surface area contributed by atoms with Crippen LogP contribution in [0.2, 0.25) is 0 Å². The Labute approximate surface area is 192 Å². The van der Waals surface area contributed by atoms with Gasteiger partial charge in [0, 0.05) is 10.2 Å². The largest absolute Gasteiger partial charge is 0.508 e. The predicted octanol–water partition coefficient (Wildman–Crippen LogP) is 2.16. The van der Waals surface area contributed by atoms with Crippen LogP contribution in [0.1, 0.15) is 18.9 Å². The number of hydrogen-bond donors (Lipinski definition) is 6. The number of nitrogens with zero attached hydrogens (tertiary/aromatic N) is 1. The van der Waals surface area contributed by atoms with Crippen LogP contribution in [0.15, 0.2) is 53.0 Å². The number of rotatable bonds is 5. The molecular weight excluding hydrogens is 484 g/mol. The standard InChI is InChI=1S/C19H19BrN4O4.CH4N2O/c1-19(10-9-12-3-2-4-15(25)11-12)16(26)24(18(28)22-19)23-17(27)21-14-7-5-13(20)6-8-14;2-1(3)4/h2-8,11,25H,9-10H2,1H3,(H,22,28)(H2,21,23,27);(H4,2,3,4). The Hall–Kier alpha value is -3.80. The third-order valence-corrected chi connectivity index (χ3v) is 4.93. The van der Waals surface area contributed by atoms with Gasteiger partial charge in [-0.15, -0.1) is 0 Å². The van der Waals surface area contributed by atoms with Crippen molar-refractivity contribution in [2.24, 2.45) is 11.5 Å². The second-order valence-electron chi connectivity index (χ2n) is 7.05. The van der Waals surface area contributed by atoms with Gasteiger partial charge in [0.05, 0.1) is 0 Å². The van der Waals surface area contributed by atoms with E-state index in [0.29, 0.717) is 23.5 Å². The molecule has 2 aromatic carbocycles. The molecule has 1 unspecified atom stereocenters. The molecule has 170 valence electrons. The monoisotopic (exact) mass is 506 g/mol. The number of phenolic OH excluding ortho intramolecular Hbond substituents is 1. The minimum Gasteiger partial charge on any atom is -0.508 e. The van der Waals surface area contributed by atoms with Crippen LogP contribution in [0.25, 0.3) is 0 Å². The number of hydrazine groups is 1. The van der Waals surface area contributed by atoms with Gasteiger partial charge in [-0.2, -0.15) is 5.01 Å². The molecule has 1 heterocycles. The molecule has 1 aliphatic rings. The third kappa shape index (κ3) is 6.87. The van der Waals surface area contributed by atoms with Gasteiger partial charge in [-0.1, -0.05) is 28.1 Å². The fraction of sp³-hybridized carbons (Fsp3) is 0.200. The van der Waals surface area contributed by atoms with E-state index in [9.17, 15) is 19.5 Å². The summed E-state index contributed by atoms with van der Waals surface area (Å²) >= 11 is 3.30. The minimum atomic E-state index is -1.16. The maximum Gasteiger partial charge on any atom is 0.344 e. The molecule has 0 aromatic heterocycles. The van der Waals surface area contributed by atoms with Gasteiger partial charge < -0.3 is 27.2 Å². The molecule has 3 rings (SSSR count). The van der Waals surface area contributed by atoms with Crippen LogP contribution in [0.5, 0.6) is 5.75 Å². The Kier molecular flexibility index (Phi) is 8.02. The van der Waals surface area contributed by atoms with E-state index in [4.69, 9.17) is 4.79 Å². The van der Waals surface area contributed by atoms with E-state index in [2.05, 4.69) is 43.5 Å². The Morgan fingerprint density at radius 2 is 1.78 bits per heavy atom. The van der Waals surface area contributed by atoms with E-state index in [1.165, 1.54) is 0 Å². The summed E-state index contributed by atoms with van der Waals surface area (Å²) in [6.07, 6.45) is 0.781. The van der Waals surface area contributed by atoms with Crippen molar-refractivity contribution in [3.8, 4) is 5.75 Å². The number of primary amides is 2. The quantitative estimate of drug-likeness (QED) is 0.339. The van der Waals surface area contributed by atoms with Crippen molar-refractivity contribution in [2.75, 3.05) is 5.32 Å². The zero-order chi connectivity index (χ0) is 23.9. The number of halogens is 1. The highest BCUT2D eigenvalue weighted by Crippen LogP contribution is 2.23. The lowest BCUT2D eigenvalue weighted by molar-refractivity contribution is -0.132. The molecule has 1 atom stereocenters. The first kappa shape index (κ1) is 24.5. The third-order valence-electron chi connectivity index (χ3n) is 4.40. The zero-order valence-corrected chi connectivity index (χ0v) is 18.7. The van der Waals surface area contributed by atoms with Crippen LogP contribution in [0, 0.1) is 0 Å². The first-order valence-corrected chi connectivity index (χ1v) is 10.1. The van der Waals surface area contributed by atoms with Crippen LogP contribution in [-0.4, -0.2) is 39.7 Å². The smallest absolute Gasteiger partial charge is 0.344 e. The maximum absolute atomic E-state index is 12.7. The average Bonchev–Trinajstić information content (AvgIpc) is 2.91. The van der Waals surface area contributed by atoms with Crippen molar-refractivity contribution in [2.45, 2.75) is 25.3 Å². The fourth-order valence-electron chi connectivity index (χ4n) is 2.86. The van der Waals surface area contributed by atoms with E-state index in [1.807, 2.05) is 6.07 Å². The Balaban J connectivity index is 0.000000837. The Morgan fingerprint density at radius 3 is 2.38 bits per heavy atom. The molecule has 2 aromatic rings. The molecule has 32 heavy (non-hydrogen) atoms. The number of nitrogens with one attached hydrogen (secondary N) is 3. The summed E-state index contributed by atoms with van der Waals surface area (Å²) in [5.74, 6) is -0.416. The summed E-state index contributed by atoms with van der Waals surface area (Å²) in [4.78, 5) is 46.0. The summed E-state index contributed by atoms with van der Waals surface area (Å²) in [6, 6.07) is 11.3. The number of hydrogen-bond acceptors (Lipinski definition) is 5. The van der Waals surface area contributed by atoms with Gasteiger partial charge in [0.2, 0.25) is 0 Å². The van der Waals surface area contributed by atoms with Gasteiger partial charge in [-0.3, -0.25) is 4.79 Å². The van der Waals surface area contributed by atoms with Gasteiger partial charge in [-0.05, 0) is 61.7 Å². The summed E-state index contributed by atoms with van der Waals surface area (Å²) in [6.45, 7) is 1.60. The van der Waals surface area contributed by atoms with Crippen molar-refractivity contribution in [3.63, 3.8) is 0 Å². The molecule has 1 fully saturated rings. The lowest BCUT2D eigenvalue weighted by Crippen LogP contribution is -2.50. The van der Waals surface area contributed by atoms with Crippen molar-refractivity contribution < 1.29 is 24.3 Å². The van der Waals surface area contributed by atoms with Gasteiger partial charge in [0.1, 0.15) is 11.3 Å². The number of phenols is 1. The average molecular weight is 507 g/mol. The summed E-state index contributed by atoms with van der Waals surface area (Å²) in [5.41, 5.74) is 11.0. The molecule has 0 spiro atoms. The highest BCUT2D eigenvalue weighted by molar-refractivity contribution is 9.10. The highest BCUT2D eigenvalue weighted by Gasteiger charge is 2.48. The number of amides is 7. The van der Waals surface area contributed by atoms with E-state index in [0.717, 1.165) is 10.0 Å². The SMILES string of the molecule is CC1(CCc2cccc(O)c2)NC(=O)N(NC(=O)Nc2ccc(Br)cc2)C1=O.NC(N)=O. The van der Waals surface area contributed by atoms with Crippen LogP contribution in [-0.2, 0) is 11.2 Å². The summed E-state index contributed by atoms with van der Waals surface area (Å²) in [5, 5.41) is 15.4. The molecular formula is C20H23BrN6O5. The zero-order valence-electron chi connectivity index (χ0n) is 17.1. The van der Waals surface area contributed by atoms with Crippen LogP contribution in [0.4, 0.5) is 20.1 Å². The molecule has 1 saturated heterocycles. The van der Waals surface area contributed by atoms with Crippen LogP contribution >= 0.6 is 15.9 Å². The van der Waals surface area contributed by atoms with Crippen molar-refractivity contribution in [1.82, 2.24) is 15.8 Å². The van der Waals surface area contributed by atoms with Crippen LogP contribution in [0.3, 0.4) is 0 Å². The fourth-order valence-corrected chi connectivity index (χ4v) is 3.12. The van der Waals surface area contributed by atoms with E-state index >= 15 is 0 Å². The van der Waals surface area contributed by atoms with E-state index in [1.54, 1.807) is 49.4 Å². The number of aromatic hydroxyl groups is 1. The van der Waals surface area contributed by atoms with Gasteiger partial charge in [0.15, 0.2) is 0 Å². The topological polar surface area (TPSA) is 180 Å². The lowest BCUT2D eigenvalue weighted by atomic mass is 9.93. The second kappa shape index (κ2) is 10.5. The highest BCUT2D eigenvalue weighted by atomic mass is 79.9. The van der Waals surface area contributed by atoms with E-state index in [-0.39, 0.29) is 5.75 Å².